The number of benzene rings is 1. The number of H-pyrrole nitrogens is 1. The van der Waals surface area contributed by atoms with Gasteiger partial charge in [0.25, 0.3) is 5.91 Å². The summed E-state index contributed by atoms with van der Waals surface area (Å²) in [5.41, 5.74) is 1.80. The van der Waals surface area contributed by atoms with E-state index in [0.29, 0.717) is 6.04 Å². The smallest absolute Gasteiger partial charge is 0.270 e. The molecule has 3 heteroatoms. The van der Waals surface area contributed by atoms with Crippen LogP contribution >= 0.6 is 0 Å². The summed E-state index contributed by atoms with van der Waals surface area (Å²) in [6.07, 6.45) is 6.31. The van der Waals surface area contributed by atoms with Gasteiger partial charge in [-0.1, -0.05) is 31.0 Å². The molecular weight excluding hydrogens is 248 g/mol. The van der Waals surface area contributed by atoms with Crippen LogP contribution in [0.3, 0.4) is 0 Å². The molecule has 1 amide bonds. The van der Waals surface area contributed by atoms with Gasteiger partial charge in [0, 0.05) is 23.5 Å². The molecule has 20 heavy (non-hydrogen) atoms. The number of likely N-dealkylation sites (tertiary alicyclic amines) is 1. The van der Waals surface area contributed by atoms with Gasteiger partial charge in [-0.2, -0.15) is 0 Å². The van der Waals surface area contributed by atoms with Crippen molar-refractivity contribution in [2.75, 3.05) is 6.54 Å². The second-order valence-corrected chi connectivity index (χ2v) is 6.17. The van der Waals surface area contributed by atoms with E-state index in [9.17, 15) is 4.79 Å². The SMILES string of the molecule is O=C(c1cc2ccccc2[nH]1)N1CCC2CCCCC21. The molecular formula is C17H20N2O. The molecule has 4 rings (SSSR count). The summed E-state index contributed by atoms with van der Waals surface area (Å²) in [6, 6.07) is 10.6. The van der Waals surface area contributed by atoms with Gasteiger partial charge in [-0.15, -0.1) is 0 Å². The van der Waals surface area contributed by atoms with Crippen LogP contribution in [0.1, 0.15) is 42.6 Å². The first-order valence-corrected chi connectivity index (χ1v) is 7.71. The Bertz CT molecular complexity index is 612. The maximum Gasteiger partial charge on any atom is 0.270 e. The summed E-state index contributed by atoms with van der Waals surface area (Å²) in [6.45, 7) is 0.934. The van der Waals surface area contributed by atoms with Crippen molar-refractivity contribution in [1.82, 2.24) is 9.88 Å². The molecule has 1 N–H and O–H groups in total. The predicted molar refractivity (Wildman–Crippen MR) is 79.7 cm³/mol. The molecule has 2 unspecified atom stereocenters. The van der Waals surface area contributed by atoms with Crippen molar-refractivity contribution < 1.29 is 4.79 Å². The fourth-order valence-corrected chi connectivity index (χ4v) is 4.00. The quantitative estimate of drug-likeness (QED) is 0.843. The van der Waals surface area contributed by atoms with Gasteiger partial charge in [-0.3, -0.25) is 4.79 Å². The number of rotatable bonds is 1. The minimum Gasteiger partial charge on any atom is -0.351 e. The van der Waals surface area contributed by atoms with Gasteiger partial charge in [-0.25, -0.2) is 0 Å². The summed E-state index contributed by atoms with van der Waals surface area (Å²) in [5.74, 6) is 0.938. The Kier molecular flexibility index (Phi) is 2.79. The molecule has 1 aromatic carbocycles. The molecule has 1 saturated heterocycles. The lowest BCUT2D eigenvalue weighted by atomic mass is 9.85. The zero-order valence-electron chi connectivity index (χ0n) is 11.6. The largest absolute Gasteiger partial charge is 0.351 e. The average molecular weight is 268 g/mol. The summed E-state index contributed by atoms with van der Waals surface area (Å²) in [4.78, 5) is 18.2. The number of carbonyl (C=O) groups is 1. The number of aromatic nitrogens is 1. The highest BCUT2D eigenvalue weighted by atomic mass is 16.2. The third-order valence-corrected chi connectivity index (χ3v) is 5.03. The summed E-state index contributed by atoms with van der Waals surface area (Å²) in [5, 5.41) is 1.12. The zero-order valence-corrected chi connectivity index (χ0v) is 11.6. The number of carbonyl (C=O) groups excluding carboxylic acids is 1. The Hall–Kier alpha value is -1.77. The Morgan fingerprint density at radius 1 is 1.15 bits per heavy atom. The normalized spacial score (nSPS) is 25.9. The predicted octanol–water partition coefficient (Wildman–Crippen LogP) is 3.57. The number of aromatic amines is 1. The topological polar surface area (TPSA) is 36.1 Å². The number of nitrogens with one attached hydrogen (secondary N) is 1. The number of amides is 1. The van der Waals surface area contributed by atoms with Crippen molar-refractivity contribution >= 4 is 16.8 Å². The molecule has 2 aromatic rings. The van der Waals surface area contributed by atoms with Gasteiger partial charge in [0.15, 0.2) is 0 Å². The van der Waals surface area contributed by atoms with E-state index in [1.807, 2.05) is 24.3 Å². The average Bonchev–Trinajstić information content (AvgIpc) is 3.10. The minimum atomic E-state index is 0.190. The molecule has 0 spiro atoms. The van der Waals surface area contributed by atoms with E-state index in [1.54, 1.807) is 0 Å². The van der Waals surface area contributed by atoms with E-state index in [0.717, 1.165) is 29.1 Å². The van der Waals surface area contributed by atoms with Gasteiger partial charge in [0.05, 0.1) is 0 Å². The van der Waals surface area contributed by atoms with Crippen LogP contribution < -0.4 is 0 Å². The number of hydrogen-bond acceptors (Lipinski definition) is 1. The molecule has 1 aliphatic heterocycles. The van der Waals surface area contributed by atoms with Gasteiger partial charge in [0.1, 0.15) is 5.69 Å². The van der Waals surface area contributed by atoms with Crippen LogP contribution in [-0.2, 0) is 0 Å². The van der Waals surface area contributed by atoms with Crippen molar-refractivity contribution in [2.24, 2.45) is 5.92 Å². The molecule has 0 bridgehead atoms. The number of nitrogens with zero attached hydrogens (tertiary/aromatic N) is 1. The molecule has 3 nitrogen and oxygen atoms in total. The lowest BCUT2D eigenvalue weighted by Gasteiger charge is -2.31. The highest BCUT2D eigenvalue weighted by molar-refractivity contribution is 5.98. The lowest BCUT2D eigenvalue weighted by Crippen LogP contribution is -2.39. The van der Waals surface area contributed by atoms with E-state index in [2.05, 4.69) is 16.0 Å². The molecule has 1 saturated carbocycles. The molecule has 104 valence electrons. The van der Waals surface area contributed by atoms with Crippen LogP contribution in [0.4, 0.5) is 0 Å². The standard InChI is InChI=1S/C17H20N2O/c20-17(15-11-13-6-1-3-7-14(13)18-15)19-10-9-12-5-2-4-8-16(12)19/h1,3,6-7,11-12,16,18H,2,4-5,8-10H2. The van der Waals surface area contributed by atoms with Crippen molar-refractivity contribution in [1.29, 1.82) is 0 Å². The van der Waals surface area contributed by atoms with E-state index in [1.165, 1.54) is 32.1 Å². The Morgan fingerprint density at radius 2 is 2.00 bits per heavy atom. The maximum absolute atomic E-state index is 12.8. The number of para-hydroxylation sites is 1. The fourth-order valence-electron chi connectivity index (χ4n) is 4.00. The highest BCUT2D eigenvalue weighted by Crippen LogP contribution is 2.36. The zero-order chi connectivity index (χ0) is 13.5. The van der Waals surface area contributed by atoms with Gasteiger partial charge >= 0.3 is 0 Å². The van der Waals surface area contributed by atoms with Crippen LogP contribution in [0.15, 0.2) is 30.3 Å². The highest BCUT2D eigenvalue weighted by Gasteiger charge is 2.38. The minimum absolute atomic E-state index is 0.190. The van der Waals surface area contributed by atoms with E-state index in [4.69, 9.17) is 0 Å². The van der Waals surface area contributed by atoms with E-state index in [-0.39, 0.29) is 5.91 Å². The van der Waals surface area contributed by atoms with Crippen LogP contribution in [-0.4, -0.2) is 28.4 Å². The van der Waals surface area contributed by atoms with Crippen LogP contribution in [0.2, 0.25) is 0 Å². The summed E-state index contributed by atoms with van der Waals surface area (Å²) >= 11 is 0. The third-order valence-electron chi connectivity index (χ3n) is 5.03. The first-order chi connectivity index (χ1) is 9.83. The third kappa shape index (κ3) is 1.84. The first-order valence-electron chi connectivity index (χ1n) is 7.71. The second-order valence-electron chi connectivity index (χ2n) is 6.17. The Balaban J connectivity index is 1.63. The molecule has 1 aromatic heterocycles. The Morgan fingerprint density at radius 3 is 2.90 bits per heavy atom. The summed E-state index contributed by atoms with van der Waals surface area (Å²) in [7, 11) is 0. The fraction of sp³-hybridized carbons (Fsp3) is 0.471. The van der Waals surface area contributed by atoms with E-state index < -0.39 is 0 Å². The van der Waals surface area contributed by atoms with Crippen LogP contribution in [0.5, 0.6) is 0 Å². The second kappa shape index (κ2) is 4.65. The lowest BCUT2D eigenvalue weighted by molar-refractivity contribution is 0.0685. The molecule has 2 atom stereocenters. The molecule has 1 aliphatic carbocycles. The van der Waals surface area contributed by atoms with Crippen molar-refractivity contribution in [3.05, 3.63) is 36.0 Å². The van der Waals surface area contributed by atoms with Crippen LogP contribution in [0, 0.1) is 5.92 Å². The number of fused-ring (bicyclic) bond motifs is 2. The maximum atomic E-state index is 12.8. The first kappa shape index (κ1) is 12.0. The number of hydrogen-bond donors (Lipinski definition) is 1. The molecule has 2 aliphatic rings. The summed E-state index contributed by atoms with van der Waals surface area (Å²) < 4.78 is 0. The molecule has 2 heterocycles. The van der Waals surface area contributed by atoms with Gasteiger partial charge in [-0.05, 0) is 37.3 Å². The van der Waals surface area contributed by atoms with E-state index >= 15 is 0 Å². The monoisotopic (exact) mass is 268 g/mol. The van der Waals surface area contributed by atoms with Crippen LogP contribution in [0.25, 0.3) is 10.9 Å². The van der Waals surface area contributed by atoms with Crippen molar-refractivity contribution in [2.45, 2.75) is 38.1 Å². The van der Waals surface area contributed by atoms with Gasteiger partial charge in [0.2, 0.25) is 0 Å². The van der Waals surface area contributed by atoms with Crippen molar-refractivity contribution in [3.63, 3.8) is 0 Å². The molecule has 0 radical (unpaired) electrons. The van der Waals surface area contributed by atoms with Crippen molar-refractivity contribution in [3.8, 4) is 0 Å². The molecule has 2 fully saturated rings. The Labute approximate surface area is 119 Å². The van der Waals surface area contributed by atoms with Gasteiger partial charge < -0.3 is 9.88 Å².